The van der Waals surface area contributed by atoms with Crippen molar-refractivity contribution < 1.29 is 9.59 Å². The first-order valence-electron chi connectivity index (χ1n) is 11.6. The van der Waals surface area contributed by atoms with Gasteiger partial charge < -0.3 is 10.2 Å². The Balaban J connectivity index is 1.59. The van der Waals surface area contributed by atoms with Crippen molar-refractivity contribution in [1.82, 2.24) is 15.2 Å². The molecule has 4 rings (SSSR count). The standard InChI is InChI=1S/C28H31N3O2/c1-21(2)30-27(33)28(15-7-17-31(20-28)26(32)25-10-6-16-29-19-25)18-22-11-13-24(14-12-22)23-8-4-3-5-9-23/h3-6,8-14,16,19,21H,7,15,17-18,20H2,1-2H3,(H,30,33)/t28-/m1/s1. The monoisotopic (exact) mass is 441 g/mol. The highest BCUT2D eigenvalue weighted by Gasteiger charge is 2.43. The van der Waals surface area contributed by atoms with Crippen LogP contribution in [0.1, 0.15) is 42.6 Å². The van der Waals surface area contributed by atoms with Gasteiger partial charge in [-0.3, -0.25) is 14.6 Å². The molecule has 1 aliphatic rings. The summed E-state index contributed by atoms with van der Waals surface area (Å²) in [5, 5.41) is 3.12. The van der Waals surface area contributed by atoms with Crippen LogP contribution in [0.4, 0.5) is 0 Å². The van der Waals surface area contributed by atoms with Gasteiger partial charge in [-0.1, -0.05) is 54.6 Å². The summed E-state index contributed by atoms with van der Waals surface area (Å²) in [6, 6.07) is 22.3. The van der Waals surface area contributed by atoms with Crippen LogP contribution in [0.3, 0.4) is 0 Å². The van der Waals surface area contributed by atoms with Gasteiger partial charge in [0, 0.05) is 31.5 Å². The fourth-order valence-electron chi connectivity index (χ4n) is 4.64. The normalized spacial score (nSPS) is 18.2. The molecular weight excluding hydrogens is 410 g/mol. The molecule has 2 amide bonds. The number of aromatic nitrogens is 1. The quantitative estimate of drug-likeness (QED) is 0.601. The van der Waals surface area contributed by atoms with Crippen molar-refractivity contribution in [2.24, 2.45) is 5.41 Å². The zero-order valence-electron chi connectivity index (χ0n) is 19.3. The van der Waals surface area contributed by atoms with Crippen LogP contribution in [0.5, 0.6) is 0 Å². The molecule has 0 aliphatic carbocycles. The number of nitrogens with one attached hydrogen (secondary N) is 1. The molecule has 1 N–H and O–H groups in total. The van der Waals surface area contributed by atoms with Gasteiger partial charge in [-0.2, -0.15) is 0 Å². The molecule has 1 aromatic heterocycles. The Hall–Kier alpha value is -3.47. The number of rotatable bonds is 6. The molecule has 5 heteroatoms. The Bertz CT molecular complexity index is 1080. The molecule has 2 heterocycles. The molecular formula is C28H31N3O2. The lowest BCUT2D eigenvalue weighted by Crippen LogP contribution is -2.55. The fraction of sp³-hybridized carbons (Fsp3) is 0.321. The maximum absolute atomic E-state index is 13.5. The van der Waals surface area contributed by atoms with E-state index in [0.29, 0.717) is 25.1 Å². The van der Waals surface area contributed by atoms with Gasteiger partial charge in [0.15, 0.2) is 0 Å². The fourth-order valence-corrected chi connectivity index (χ4v) is 4.64. The topological polar surface area (TPSA) is 62.3 Å². The van der Waals surface area contributed by atoms with E-state index in [-0.39, 0.29) is 17.9 Å². The molecule has 0 saturated carbocycles. The van der Waals surface area contributed by atoms with Gasteiger partial charge in [0.25, 0.3) is 5.91 Å². The molecule has 0 bridgehead atoms. The molecule has 2 aromatic carbocycles. The number of piperidine rings is 1. The Labute approximate surface area is 195 Å². The van der Waals surface area contributed by atoms with Crippen LogP contribution in [-0.4, -0.2) is 40.8 Å². The third-order valence-corrected chi connectivity index (χ3v) is 6.28. The first-order chi connectivity index (χ1) is 16.0. The maximum atomic E-state index is 13.5. The largest absolute Gasteiger partial charge is 0.353 e. The lowest BCUT2D eigenvalue weighted by atomic mass is 9.73. The van der Waals surface area contributed by atoms with Gasteiger partial charge in [-0.15, -0.1) is 0 Å². The molecule has 0 unspecified atom stereocenters. The number of carbonyl (C=O) groups excluding carboxylic acids is 2. The van der Waals surface area contributed by atoms with Crippen molar-refractivity contribution in [2.45, 2.75) is 39.2 Å². The van der Waals surface area contributed by atoms with Crippen LogP contribution in [0, 0.1) is 5.41 Å². The molecule has 1 fully saturated rings. The van der Waals surface area contributed by atoms with Crippen molar-refractivity contribution in [1.29, 1.82) is 0 Å². The summed E-state index contributed by atoms with van der Waals surface area (Å²) in [7, 11) is 0. The van der Waals surface area contributed by atoms with E-state index in [9.17, 15) is 9.59 Å². The van der Waals surface area contributed by atoms with Crippen LogP contribution < -0.4 is 5.32 Å². The third kappa shape index (κ3) is 5.30. The molecule has 1 aliphatic heterocycles. The highest BCUT2D eigenvalue weighted by molar-refractivity contribution is 5.94. The number of hydrogen-bond acceptors (Lipinski definition) is 3. The minimum atomic E-state index is -0.658. The van der Waals surface area contributed by atoms with Crippen molar-refractivity contribution in [3.8, 4) is 11.1 Å². The average molecular weight is 442 g/mol. The van der Waals surface area contributed by atoms with E-state index >= 15 is 0 Å². The number of carbonyl (C=O) groups is 2. The summed E-state index contributed by atoms with van der Waals surface area (Å²) in [5.74, 6) is -0.0442. The highest BCUT2D eigenvalue weighted by Crippen LogP contribution is 2.35. The summed E-state index contributed by atoms with van der Waals surface area (Å²) in [5.41, 5.74) is 3.32. The minimum Gasteiger partial charge on any atom is -0.353 e. The van der Waals surface area contributed by atoms with Crippen molar-refractivity contribution >= 4 is 11.8 Å². The summed E-state index contributed by atoms with van der Waals surface area (Å²) in [6.45, 7) is 5.00. The van der Waals surface area contributed by atoms with E-state index < -0.39 is 5.41 Å². The van der Waals surface area contributed by atoms with E-state index in [2.05, 4.69) is 46.7 Å². The minimum absolute atomic E-state index is 0.0216. The summed E-state index contributed by atoms with van der Waals surface area (Å²) < 4.78 is 0. The second kappa shape index (κ2) is 9.99. The van der Waals surface area contributed by atoms with Crippen LogP contribution in [0.15, 0.2) is 79.1 Å². The number of hydrogen-bond donors (Lipinski definition) is 1. The smallest absolute Gasteiger partial charge is 0.255 e. The second-order valence-electron chi connectivity index (χ2n) is 9.22. The zero-order valence-corrected chi connectivity index (χ0v) is 19.3. The Kier molecular flexibility index (Phi) is 6.87. The van der Waals surface area contributed by atoms with Crippen LogP contribution in [0.25, 0.3) is 11.1 Å². The average Bonchev–Trinajstić information content (AvgIpc) is 2.85. The predicted molar refractivity (Wildman–Crippen MR) is 131 cm³/mol. The van der Waals surface area contributed by atoms with E-state index in [1.165, 1.54) is 5.56 Å². The first kappa shape index (κ1) is 22.7. The van der Waals surface area contributed by atoms with Crippen LogP contribution in [-0.2, 0) is 11.2 Å². The molecule has 3 aromatic rings. The van der Waals surface area contributed by atoms with Gasteiger partial charge in [-0.25, -0.2) is 0 Å². The van der Waals surface area contributed by atoms with Crippen molar-refractivity contribution in [3.05, 3.63) is 90.3 Å². The highest BCUT2D eigenvalue weighted by atomic mass is 16.2. The van der Waals surface area contributed by atoms with E-state index in [0.717, 1.165) is 24.0 Å². The number of likely N-dealkylation sites (tertiary alicyclic amines) is 1. The van der Waals surface area contributed by atoms with Crippen LogP contribution in [0.2, 0.25) is 0 Å². The first-order valence-corrected chi connectivity index (χ1v) is 11.6. The van der Waals surface area contributed by atoms with E-state index in [1.807, 2.05) is 36.9 Å². The number of benzene rings is 2. The Morgan fingerprint density at radius 2 is 1.73 bits per heavy atom. The second-order valence-corrected chi connectivity index (χ2v) is 9.22. The summed E-state index contributed by atoms with van der Waals surface area (Å²) in [4.78, 5) is 32.5. The summed E-state index contributed by atoms with van der Waals surface area (Å²) in [6.07, 6.45) is 5.39. The molecule has 5 nitrogen and oxygen atoms in total. The zero-order chi connectivity index (χ0) is 23.3. The van der Waals surface area contributed by atoms with Crippen LogP contribution >= 0.6 is 0 Å². The predicted octanol–water partition coefficient (Wildman–Crippen LogP) is 4.74. The maximum Gasteiger partial charge on any atom is 0.255 e. The molecule has 170 valence electrons. The van der Waals surface area contributed by atoms with Gasteiger partial charge >= 0.3 is 0 Å². The van der Waals surface area contributed by atoms with Gasteiger partial charge in [0.2, 0.25) is 5.91 Å². The van der Waals surface area contributed by atoms with E-state index in [1.54, 1.807) is 24.5 Å². The van der Waals surface area contributed by atoms with Gasteiger partial charge in [0.1, 0.15) is 0 Å². The molecule has 0 radical (unpaired) electrons. The molecule has 1 atom stereocenters. The van der Waals surface area contributed by atoms with Gasteiger partial charge in [-0.05, 0) is 61.9 Å². The van der Waals surface area contributed by atoms with Crippen molar-refractivity contribution in [2.75, 3.05) is 13.1 Å². The molecule has 1 saturated heterocycles. The SMILES string of the molecule is CC(C)NC(=O)[C@@]1(Cc2ccc(-c3ccccc3)cc2)CCCN(C(=O)c2cccnc2)C1. The molecule has 33 heavy (non-hydrogen) atoms. The molecule has 0 spiro atoms. The Morgan fingerprint density at radius 1 is 1.00 bits per heavy atom. The van der Waals surface area contributed by atoms with Gasteiger partial charge in [0.05, 0.1) is 11.0 Å². The number of amides is 2. The van der Waals surface area contributed by atoms with E-state index in [4.69, 9.17) is 0 Å². The summed E-state index contributed by atoms with van der Waals surface area (Å²) >= 11 is 0. The lowest BCUT2D eigenvalue weighted by Gasteiger charge is -2.42. The number of nitrogens with zero attached hydrogens (tertiary/aromatic N) is 2. The van der Waals surface area contributed by atoms with Crippen molar-refractivity contribution in [3.63, 3.8) is 0 Å². The lowest BCUT2D eigenvalue weighted by molar-refractivity contribution is -0.134. The third-order valence-electron chi connectivity index (χ3n) is 6.28. The number of pyridine rings is 1. The Morgan fingerprint density at radius 3 is 2.39 bits per heavy atom.